The van der Waals surface area contributed by atoms with E-state index in [1.807, 2.05) is 18.2 Å². The van der Waals surface area contributed by atoms with Crippen LogP contribution in [0.1, 0.15) is 58.5 Å². The van der Waals surface area contributed by atoms with Gasteiger partial charge in [-0.25, -0.2) is 9.59 Å². The Morgan fingerprint density at radius 3 is 1.83 bits per heavy atom. The van der Waals surface area contributed by atoms with Crippen molar-refractivity contribution in [3.8, 4) is 22.3 Å². The van der Waals surface area contributed by atoms with Crippen LogP contribution in [0.2, 0.25) is 0 Å². The van der Waals surface area contributed by atoms with E-state index in [1.54, 1.807) is 36.4 Å². The molecule has 0 fully saturated rings. The molecule has 0 atom stereocenters. The van der Waals surface area contributed by atoms with E-state index in [9.17, 15) is 19.8 Å². The lowest BCUT2D eigenvalue weighted by molar-refractivity contribution is 0.0686. The fourth-order valence-corrected chi connectivity index (χ4v) is 3.69. The highest BCUT2D eigenvalue weighted by atomic mass is 16.4. The van der Waals surface area contributed by atoms with Crippen molar-refractivity contribution in [2.45, 2.75) is 33.1 Å². The molecule has 3 aromatic carbocycles. The number of carboxylic acids is 2. The third kappa shape index (κ3) is 3.92. The molecule has 0 aliphatic heterocycles. The van der Waals surface area contributed by atoms with Crippen LogP contribution in [0.15, 0.2) is 60.7 Å². The zero-order valence-corrected chi connectivity index (χ0v) is 16.8. The summed E-state index contributed by atoms with van der Waals surface area (Å²) in [5.74, 6) is -1.88. The number of aryl methyl sites for hydroxylation is 1. The highest BCUT2D eigenvalue weighted by Crippen LogP contribution is 2.41. The van der Waals surface area contributed by atoms with Gasteiger partial charge < -0.3 is 10.2 Å². The number of aromatic carboxylic acids is 2. The van der Waals surface area contributed by atoms with Crippen LogP contribution in [0, 0.1) is 0 Å². The molecular formula is C25H24O4. The molecule has 4 heteroatoms. The second kappa shape index (κ2) is 8.31. The standard InChI is InChI=1S/C25H24O4/c1-4-16-13-21(15(2)3)23(18-10-6-8-12-20(18)25(28)29)22(14-16)17-9-5-7-11-19(17)24(26)27/h5-15H,4H2,1-3H3,(H,26,27)(H,28,29). The maximum absolute atomic E-state index is 11.9. The van der Waals surface area contributed by atoms with Crippen molar-refractivity contribution < 1.29 is 19.8 Å². The van der Waals surface area contributed by atoms with E-state index >= 15 is 0 Å². The molecule has 0 bridgehead atoms. The zero-order chi connectivity index (χ0) is 21.1. The Bertz CT molecular complexity index is 1080. The van der Waals surface area contributed by atoms with Gasteiger partial charge in [-0.3, -0.25) is 0 Å². The predicted octanol–water partition coefficient (Wildman–Crippen LogP) is 6.10. The SMILES string of the molecule is CCc1cc(-c2ccccc2C(=O)O)c(-c2ccccc2C(=O)O)c(C(C)C)c1. The predicted molar refractivity (Wildman–Crippen MR) is 115 cm³/mol. The maximum atomic E-state index is 11.9. The zero-order valence-electron chi connectivity index (χ0n) is 16.8. The van der Waals surface area contributed by atoms with Gasteiger partial charge in [0.1, 0.15) is 0 Å². The van der Waals surface area contributed by atoms with Crippen LogP contribution >= 0.6 is 0 Å². The molecular weight excluding hydrogens is 364 g/mol. The van der Waals surface area contributed by atoms with Crippen molar-refractivity contribution >= 4 is 11.9 Å². The van der Waals surface area contributed by atoms with Crippen LogP contribution in [0.5, 0.6) is 0 Å². The first-order chi connectivity index (χ1) is 13.8. The molecule has 4 nitrogen and oxygen atoms in total. The number of carboxylic acid groups (broad SMARTS) is 2. The van der Waals surface area contributed by atoms with Gasteiger partial charge >= 0.3 is 11.9 Å². The molecule has 0 unspecified atom stereocenters. The Balaban J connectivity index is 2.49. The molecule has 0 spiro atoms. The van der Waals surface area contributed by atoms with E-state index in [1.165, 1.54) is 0 Å². The highest BCUT2D eigenvalue weighted by Gasteiger charge is 2.23. The second-order valence-corrected chi connectivity index (χ2v) is 7.32. The van der Waals surface area contributed by atoms with Gasteiger partial charge in [-0.2, -0.15) is 0 Å². The van der Waals surface area contributed by atoms with E-state index in [0.717, 1.165) is 28.7 Å². The van der Waals surface area contributed by atoms with Crippen molar-refractivity contribution in [2.75, 3.05) is 0 Å². The van der Waals surface area contributed by atoms with Crippen molar-refractivity contribution in [1.82, 2.24) is 0 Å². The first-order valence-electron chi connectivity index (χ1n) is 9.67. The summed E-state index contributed by atoms with van der Waals surface area (Å²) in [6.45, 7) is 6.18. The Kier molecular flexibility index (Phi) is 5.83. The molecule has 0 aliphatic rings. The summed E-state index contributed by atoms with van der Waals surface area (Å²) in [4.78, 5) is 23.8. The molecule has 3 aromatic rings. The molecule has 0 amide bonds. The van der Waals surface area contributed by atoms with Crippen LogP contribution in [0.3, 0.4) is 0 Å². The van der Waals surface area contributed by atoms with Gasteiger partial charge in [0, 0.05) is 0 Å². The maximum Gasteiger partial charge on any atom is 0.336 e. The summed E-state index contributed by atoms with van der Waals surface area (Å²) in [5, 5.41) is 19.5. The summed E-state index contributed by atoms with van der Waals surface area (Å²) in [7, 11) is 0. The molecule has 0 saturated carbocycles. The second-order valence-electron chi connectivity index (χ2n) is 7.32. The molecule has 0 aromatic heterocycles. The van der Waals surface area contributed by atoms with Gasteiger partial charge in [0.2, 0.25) is 0 Å². The molecule has 0 aliphatic carbocycles. The number of hydrogen-bond donors (Lipinski definition) is 2. The summed E-state index contributed by atoms with van der Waals surface area (Å²) in [5.41, 5.74) is 5.21. The Morgan fingerprint density at radius 1 is 0.793 bits per heavy atom. The highest BCUT2D eigenvalue weighted by molar-refractivity contribution is 6.03. The minimum absolute atomic E-state index is 0.133. The molecule has 2 N–H and O–H groups in total. The topological polar surface area (TPSA) is 74.6 Å². The van der Waals surface area contributed by atoms with Crippen LogP contribution in [0.25, 0.3) is 22.3 Å². The normalized spacial score (nSPS) is 10.9. The number of rotatable bonds is 6. The minimum Gasteiger partial charge on any atom is -0.478 e. The first kappa shape index (κ1) is 20.3. The van der Waals surface area contributed by atoms with Crippen LogP contribution < -0.4 is 0 Å². The molecule has 0 saturated heterocycles. The summed E-state index contributed by atoms with van der Waals surface area (Å²) < 4.78 is 0. The lowest BCUT2D eigenvalue weighted by Crippen LogP contribution is -2.06. The Labute approximate surface area is 170 Å². The summed E-state index contributed by atoms with van der Waals surface area (Å²) in [6.07, 6.45) is 0.794. The number of benzene rings is 3. The van der Waals surface area contributed by atoms with Crippen LogP contribution in [-0.4, -0.2) is 22.2 Å². The summed E-state index contributed by atoms with van der Waals surface area (Å²) >= 11 is 0. The van der Waals surface area contributed by atoms with E-state index < -0.39 is 11.9 Å². The molecule has 3 rings (SSSR count). The fraction of sp³-hybridized carbons (Fsp3) is 0.200. The first-order valence-corrected chi connectivity index (χ1v) is 9.67. The van der Waals surface area contributed by atoms with Crippen LogP contribution in [0.4, 0.5) is 0 Å². The summed E-state index contributed by atoms with van der Waals surface area (Å²) in [6, 6.07) is 17.9. The van der Waals surface area contributed by atoms with E-state index in [4.69, 9.17) is 0 Å². The van der Waals surface area contributed by atoms with Gasteiger partial charge in [0.05, 0.1) is 11.1 Å². The largest absolute Gasteiger partial charge is 0.478 e. The van der Waals surface area contributed by atoms with Gasteiger partial charge in [0.15, 0.2) is 0 Å². The molecule has 29 heavy (non-hydrogen) atoms. The van der Waals surface area contributed by atoms with Gasteiger partial charge in [0.25, 0.3) is 0 Å². The van der Waals surface area contributed by atoms with Crippen molar-refractivity contribution in [3.05, 3.63) is 82.9 Å². The number of hydrogen-bond acceptors (Lipinski definition) is 2. The fourth-order valence-electron chi connectivity index (χ4n) is 3.69. The Hall–Kier alpha value is -3.40. The van der Waals surface area contributed by atoms with E-state index in [0.29, 0.717) is 11.1 Å². The molecule has 148 valence electrons. The van der Waals surface area contributed by atoms with Crippen molar-refractivity contribution in [3.63, 3.8) is 0 Å². The monoisotopic (exact) mass is 388 g/mol. The molecule has 0 radical (unpaired) electrons. The third-order valence-electron chi connectivity index (χ3n) is 5.13. The Morgan fingerprint density at radius 2 is 1.31 bits per heavy atom. The lowest BCUT2D eigenvalue weighted by atomic mass is 9.82. The van der Waals surface area contributed by atoms with Crippen molar-refractivity contribution in [1.29, 1.82) is 0 Å². The third-order valence-corrected chi connectivity index (χ3v) is 5.13. The van der Waals surface area contributed by atoms with Crippen molar-refractivity contribution in [2.24, 2.45) is 0 Å². The quantitative estimate of drug-likeness (QED) is 0.535. The van der Waals surface area contributed by atoms with Gasteiger partial charge in [-0.15, -0.1) is 0 Å². The van der Waals surface area contributed by atoms with Crippen LogP contribution in [-0.2, 0) is 6.42 Å². The molecule has 0 heterocycles. The minimum atomic E-state index is -1.01. The smallest absolute Gasteiger partial charge is 0.336 e. The average molecular weight is 388 g/mol. The van der Waals surface area contributed by atoms with Gasteiger partial charge in [-0.05, 0) is 57.9 Å². The van der Waals surface area contributed by atoms with E-state index in [2.05, 4.69) is 26.8 Å². The van der Waals surface area contributed by atoms with Gasteiger partial charge in [-0.1, -0.05) is 69.3 Å². The van der Waals surface area contributed by atoms with E-state index in [-0.39, 0.29) is 17.0 Å². The number of carbonyl (C=O) groups is 2. The lowest BCUT2D eigenvalue weighted by Gasteiger charge is -2.22. The average Bonchev–Trinajstić information content (AvgIpc) is 2.72.